The molecule has 0 aliphatic heterocycles. The fourth-order valence-corrected chi connectivity index (χ4v) is 2.49. The number of hydrogen-bond acceptors (Lipinski definition) is 3. The van der Waals surface area contributed by atoms with Gasteiger partial charge in [0.1, 0.15) is 6.07 Å². The van der Waals surface area contributed by atoms with E-state index in [1.165, 1.54) is 5.56 Å². The van der Waals surface area contributed by atoms with Gasteiger partial charge >= 0.3 is 0 Å². The monoisotopic (exact) mass is 288 g/mol. The Morgan fingerprint density at radius 2 is 1.86 bits per heavy atom. The zero-order valence-electron chi connectivity index (χ0n) is 12.4. The van der Waals surface area contributed by atoms with Gasteiger partial charge in [-0.2, -0.15) is 5.26 Å². The average molecular weight is 288 g/mol. The standard InChI is InChI=1S/C18H16N4/c1-14-6-5-9-16(12-14)22-18(17(13-19)20-21-22)11-10-15-7-3-2-4-8-15/h2-9,12H,10-11H2,1H3. The van der Waals surface area contributed by atoms with Crippen molar-refractivity contribution in [1.29, 1.82) is 5.26 Å². The molecule has 1 aromatic heterocycles. The highest BCUT2D eigenvalue weighted by Gasteiger charge is 2.14. The molecule has 0 atom stereocenters. The van der Waals surface area contributed by atoms with Gasteiger partial charge in [-0.05, 0) is 43.0 Å². The van der Waals surface area contributed by atoms with Crippen LogP contribution >= 0.6 is 0 Å². The van der Waals surface area contributed by atoms with Crippen molar-refractivity contribution in [3.8, 4) is 11.8 Å². The van der Waals surface area contributed by atoms with Crippen molar-refractivity contribution in [3.05, 3.63) is 77.1 Å². The van der Waals surface area contributed by atoms with Crippen LogP contribution in [0.15, 0.2) is 54.6 Å². The van der Waals surface area contributed by atoms with Crippen molar-refractivity contribution < 1.29 is 0 Å². The Bertz CT molecular complexity index is 813. The maximum absolute atomic E-state index is 9.26. The first-order chi connectivity index (χ1) is 10.8. The summed E-state index contributed by atoms with van der Waals surface area (Å²) in [5.41, 5.74) is 4.59. The van der Waals surface area contributed by atoms with E-state index in [2.05, 4.69) is 28.5 Å². The summed E-state index contributed by atoms with van der Waals surface area (Å²) in [4.78, 5) is 0. The van der Waals surface area contributed by atoms with Crippen molar-refractivity contribution >= 4 is 0 Å². The highest BCUT2D eigenvalue weighted by atomic mass is 15.4. The molecule has 3 aromatic rings. The zero-order valence-corrected chi connectivity index (χ0v) is 12.4. The Balaban J connectivity index is 1.93. The van der Waals surface area contributed by atoms with Gasteiger partial charge in [0, 0.05) is 0 Å². The van der Waals surface area contributed by atoms with Crippen molar-refractivity contribution in [2.75, 3.05) is 0 Å². The van der Waals surface area contributed by atoms with Crippen LogP contribution in [0.4, 0.5) is 0 Å². The molecule has 4 nitrogen and oxygen atoms in total. The molecule has 3 rings (SSSR count). The second kappa shape index (κ2) is 6.23. The van der Waals surface area contributed by atoms with E-state index in [0.29, 0.717) is 5.69 Å². The van der Waals surface area contributed by atoms with Crippen LogP contribution < -0.4 is 0 Å². The SMILES string of the molecule is Cc1cccc(-n2nnc(C#N)c2CCc2ccccc2)c1. The quantitative estimate of drug-likeness (QED) is 0.740. The summed E-state index contributed by atoms with van der Waals surface area (Å²) < 4.78 is 1.77. The van der Waals surface area contributed by atoms with Gasteiger partial charge in [0.05, 0.1) is 11.4 Å². The second-order valence-electron chi connectivity index (χ2n) is 5.23. The molecule has 0 radical (unpaired) electrons. The van der Waals surface area contributed by atoms with Crippen LogP contribution in [0.1, 0.15) is 22.5 Å². The Morgan fingerprint density at radius 1 is 1.05 bits per heavy atom. The van der Waals surface area contributed by atoms with Gasteiger partial charge in [0.25, 0.3) is 0 Å². The van der Waals surface area contributed by atoms with Crippen molar-refractivity contribution in [3.63, 3.8) is 0 Å². The summed E-state index contributed by atoms with van der Waals surface area (Å²) in [5, 5.41) is 17.4. The minimum Gasteiger partial charge on any atom is -0.216 e. The molecule has 0 unspecified atom stereocenters. The molecule has 108 valence electrons. The second-order valence-corrected chi connectivity index (χ2v) is 5.23. The third kappa shape index (κ3) is 2.89. The third-order valence-electron chi connectivity index (χ3n) is 3.61. The van der Waals surface area contributed by atoms with Crippen LogP contribution in [0.25, 0.3) is 5.69 Å². The van der Waals surface area contributed by atoms with E-state index in [4.69, 9.17) is 0 Å². The van der Waals surface area contributed by atoms with Gasteiger partial charge in [-0.3, -0.25) is 0 Å². The smallest absolute Gasteiger partial charge is 0.186 e. The lowest BCUT2D eigenvalue weighted by Gasteiger charge is -2.07. The Hall–Kier alpha value is -2.93. The molecule has 0 aliphatic carbocycles. The molecule has 2 aromatic carbocycles. The van der Waals surface area contributed by atoms with E-state index in [1.54, 1.807) is 4.68 Å². The lowest BCUT2D eigenvalue weighted by Crippen LogP contribution is -2.05. The summed E-state index contributed by atoms with van der Waals surface area (Å²) in [6, 6.07) is 20.4. The van der Waals surface area contributed by atoms with E-state index in [-0.39, 0.29) is 0 Å². The molecule has 1 heterocycles. The fraction of sp³-hybridized carbons (Fsp3) is 0.167. The number of aryl methyl sites for hydroxylation is 2. The maximum Gasteiger partial charge on any atom is 0.186 e. The molecule has 0 fully saturated rings. The van der Waals surface area contributed by atoms with Gasteiger partial charge in [-0.25, -0.2) is 4.68 Å². The summed E-state index contributed by atoms with van der Waals surface area (Å²) in [5.74, 6) is 0. The molecular weight excluding hydrogens is 272 g/mol. The molecule has 0 amide bonds. The van der Waals surface area contributed by atoms with Crippen molar-refractivity contribution in [1.82, 2.24) is 15.0 Å². The lowest BCUT2D eigenvalue weighted by atomic mass is 10.1. The fourth-order valence-electron chi connectivity index (χ4n) is 2.49. The first-order valence-electron chi connectivity index (χ1n) is 7.23. The molecular formula is C18H16N4. The number of nitriles is 1. The first kappa shape index (κ1) is 14.0. The van der Waals surface area contributed by atoms with E-state index < -0.39 is 0 Å². The van der Waals surface area contributed by atoms with Crippen LogP contribution in [0, 0.1) is 18.3 Å². The number of aromatic nitrogens is 3. The Labute approximate surface area is 129 Å². The number of hydrogen-bond donors (Lipinski definition) is 0. The molecule has 0 saturated heterocycles. The van der Waals surface area contributed by atoms with Crippen LogP contribution in [-0.4, -0.2) is 15.0 Å². The minimum absolute atomic E-state index is 0.400. The predicted molar refractivity (Wildman–Crippen MR) is 84.7 cm³/mol. The topological polar surface area (TPSA) is 54.5 Å². The highest BCUT2D eigenvalue weighted by Crippen LogP contribution is 2.16. The predicted octanol–water partition coefficient (Wildman–Crippen LogP) is 3.23. The third-order valence-corrected chi connectivity index (χ3v) is 3.61. The summed E-state index contributed by atoms with van der Waals surface area (Å²) in [6.45, 7) is 2.04. The van der Waals surface area contributed by atoms with Crippen molar-refractivity contribution in [2.45, 2.75) is 19.8 Å². The number of benzene rings is 2. The average Bonchev–Trinajstić information content (AvgIpc) is 2.97. The van der Waals surface area contributed by atoms with Gasteiger partial charge < -0.3 is 0 Å². The molecule has 4 heteroatoms. The zero-order chi connectivity index (χ0) is 15.4. The van der Waals surface area contributed by atoms with Crippen LogP contribution in [-0.2, 0) is 12.8 Å². The lowest BCUT2D eigenvalue weighted by molar-refractivity contribution is 0.751. The summed E-state index contributed by atoms with van der Waals surface area (Å²) in [6.07, 6.45) is 1.59. The van der Waals surface area contributed by atoms with Gasteiger partial charge in [0.2, 0.25) is 0 Å². The van der Waals surface area contributed by atoms with E-state index >= 15 is 0 Å². The van der Waals surface area contributed by atoms with E-state index in [1.807, 2.05) is 49.4 Å². The molecule has 0 spiro atoms. The Morgan fingerprint density at radius 3 is 2.59 bits per heavy atom. The van der Waals surface area contributed by atoms with Crippen LogP contribution in [0.2, 0.25) is 0 Å². The highest BCUT2D eigenvalue weighted by molar-refractivity contribution is 5.39. The number of nitrogens with zero attached hydrogens (tertiary/aromatic N) is 4. The molecule has 22 heavy (non-hydrogen) atoms. The van der Waals surface area contributed by atoms with E-state index in [9.17, 15) is 5.26 Å². The van der Waals surface area contributed by atoms with Gasteiger partial charge in [0.15, 0.2) is 5.69 Å². The maximum atomic E-state index is 9.26. The van der Waals surface area contributed by atoms with Crippen LogP contribution in [0.5, 0.6) is 0 Å². The summed E-state index contributed by atoms with van der Waals surface area (Å²) >= 11 is 0. The van der Waals surface area contributed by atoms with Gasteiger partial charge in [-0.1, -0.05) is 47.7 Å². The number of rotatable bonds is 4. The molecule has 0 bridgehead atoms. The molecule has 0 aliphatic rings. The molecule has 0 N–H and O–H groups in total. The van der Waals surface area contributed by atoms with Gasteiger partial charge in [-0.15, -0.1) is 5.10 Å². The minimum atomic E-state index is 0.400. The van der Waals surface area contributed by atoms with Crippen molar-refractivity contribution in [2.24, 2.45) is 0 Å². The Kier molecular flexibility index (Phi) is 3.97. The largest absolute Gasteiger partial charge is 0.216 e. The van der Waals surface area contributed by atoms with E-state index in [0.717, 1.165) is 29.8 Å². The molecule has 0 saturated carbocycles. The summed E-state index contributed by atoms with van der Waals surface area (Å²) in [7, 11) is 0. The normalized spacial score (nSPS) is 10.4. The van der Waals surface area contributed by atoms with Crippen LogP contribution in [0.3, 0.4) is 0 Å². The first-order valence-corrected chi connectivity index (χ1v) is 7.23.